The zero-order valence-corrected chi connectivity index (χ0v) is 8.50. The monoisotopic (exact) mass is 205 g/mol. The molecule has 2 aromatic rings. The Labute approximate surface area is 86.6 Å². The van der Waals surface area contributed by atoms with E-state index >= 15 is 0 Å². The molecule has 0 bridgehead atoms. The van der Waals surface area contributed by atoms with Crippen molar-refractivity contribution >= 4 is 11.3 Å². The van der Waals surface area contributed by atoms with Crippen LogP contribution >= 0.6 is 11.3 Å². The summed E-state index contributed by atoms with van der Waals surface area (Å²) in [5, 5.41) is 1.10. The van der Waals surface area contributed by atoms with Crippen molar-refractivity contribution in [2.75, 3.05) is 0 Å². The van der Waals surface area contributed by atoms with E-state index in [-0.39, 0.29) is 0 Å². The molecule has 0 amide bonds. The highest BCUT2D eigenvalue weighted by Crippen LogP contribution is 2.15. The Morgan fingerprint density at radius 3 is 2.93 bits per heavy atom. The molecule has 0 saturated carbocycles. The molecular weight excluding hydrogens is 194 g/mol. The van der Waals surface area contributed by atoms with Crippen LogP contribution in [0.3, 0.4) is 0 Å². The maximum absolute atomic E-state index is 5.51. The van der Waals surface area contributed by atoms with E-state index in [2.05, 4.69) is 16.0 Å². The van der Waals surface area contributed by atoms with Crippen molar-refractivity contribution < 1.29 is 0 Å². The van der Waals surface area contributed by atoms with Crippen molar-refractivity contribution in [3.63, 3.8) is 0 Å². The third kappa shape index (κ3) is 2.16. The van der Waals surface area contributed by atoms with Gasteiger partial charge in [-0.2, -0.15) is 0 Å². The average Bonchev–Trinajstić information content (AvgIpc) is 2.67. The van der Waals surface area contributed by atoms with Crippen molar-refractivity contribution in [1.29, 1.82) is 0 Å². The van der Waals surface area contributed by atoms with Crippen LogP contribution in [-0.4, -0.2) is 9.97 Å². The van der Waals surface area contributed by atoms with Crippen LogP contribution in [0.25, 0.3) is 0 Å². The molecule has 0 unspecified atom stereocenters. The summed E-state index contributed by atoms with van der Waals surface area (Å²) in [5.74, 6) is 0. The molecule has 0 spiro atoms. The number of hydrogen-bond acceptors (Lipinski definition) is 4. The molecule has 0 fully saturated rings. The quantitative estimate of drug-likeness (QED) is 0.827. The Hall–Kier alpha value is -1.26. The van der Waals surface area contributed by atoms with E-state index in [1.807, 2.05) is 18.5 Å². The van der Waals surface area contributed by atoms with Crippen LogP contribution in [-0.2, 0) is 13.0 Å². The minimum Gasteiger partial charge on any atom is -0.326 e. The highest BCUT2D eigenvalue weighted by Gasteiger charge is 2.01. The molecule has 0 aliphatic heterocycles. The number of hydrogen-bond donors (Lipinski definition) is 1. The van der Waals surface area contributed by atoms with Gasteiger partial charge in [0.25, 0.3) is 0 Å². The summed E-state index contributed by atoms with van der Waals surface area (Å²) in [6.07, 6.45) is 6.33. The van der Waals surface area contributed by atoms with Gasteiger partial charge in [-0.25, -0.2) is 4.98 Å². The molecule has 0 aliphatic carbocycles. The molecule has 3 nitrogen and oxygen atoms in total. The SMILES string of the molecule is NCc1cnc(Cc2cccnc2)s1. The molecule has 0 atom stereocenters. The standard InChI is InChI=1S/C10H11N3S/c11-5-9-7-13-10(14-9)4-8-2-1-3-12-6-8/h1-3,6-7H,4-5,11H2. The first-order chi connectivity index (χ1) is 6.88. The maximum Gasteiger partial charge on any atom is 0.0972 e. The second-order valence-electron chi connectivity index (χ2n) is 2.96. The lowest BCUT2D eigenvalue weighted by Gasteiger charge is -1.94. The zero-order valence-electron chi connectivity index (χ0n) is 7.68. The van der Waals surface area contributed by atoms with Gasteiger partial charge in [-0.15, -0.1) is 11.3 Å². The van der Waals surface area contributed by atoms with Crippen molar-refractivity contribution in [3.8, 4) is 0 Å². The van der Waals surface area contributed by atoms with E-state index in [9.17, 15) is 0 Å². The van der Waals surface area contributed by atoms with Gasteiger partial charge in [0.15, 0.2) is 0 Å². The minimum absolute atomic E-state index is 0.574. The third-order valence-corrected chi connectivity index (χ3v) is 2.90. The second-order valence-corrected chi connectivity index (χ2v) is 4.16. The molecule has 0 saturated heterocycles. The lowest BCUT2D eigenvalue weighted by molar-refractivity contribution is 1.08. The summed E-state index contributed by atoms with van der Waals surface area (Å²) in [7, 11) is 0. The normalized spacial score (nSPS) is 10.4. The van der Waals surface area contributed by atoms with Gasteiger partial charge in [-0.1, -0.05) is 6.07 Å². The summed E-state index contributed by atoms with van der Waals surface area (Å²) in [6, 6.07) is 3.99. The van der Waals surface area contributed by atoms with Gasteiger partial charge in [0.2, 0.25) is 0 Å². The first-order valence-corrected chi connectivity index (χ1v) is 5.22. The van der Waals surface area contributed by atoms with E-state index in [0.717, 1.165) is 16.3 Å². The van der Waals surface area contributed by atoms with Gasteiger partial charge in [0.05, 0.1) is 5.01 Å². The number of nitrogens with two attached hydrogens (primary N) is 1. The Morgan fingerprint density at radius 1 is 1.36 bits per heavy atom. The highest BCUT2D eigenvalue weighted by molar-refractivity contribution is 7.11. The van der Waals surface area contributed by atoms with Crippen molar-refractivity contribution in [1.82, 2.24) is 9.97 Å². The van der Waals surface area contributed by atoms with E-state index in [4.69, 9.17) is 5.73 Å². The van der Waals surface area contributed by atoms with Gasteiger partial charge >= 0.3 is 0 Å². The lowest BCUT2D eigenvalue weighted by atomic mass is 10.2. The van der Waals surface area contributed by atoms with Gasteiger partial charge in [-0.05, 0) is 11.6 Å². The fraction of sp³-hybridized carbons (Fsp3) is 0.200. The Kier molecular flexibility index (Phi) is 2.86. The van der Waals surface area contributed by atoms with Crippen molar-refractivity contribution in [2.45, 2.75) is 13.0 Å². The summed E-state index contributed by atoms with van der Waals surface area (Å²) < 4.78 is 0. The molecule has 4 heteroatoms. The summed E-state index contributed by atoms with van der Waals surface area (Å²) in [6.45, 7) is 0.574. The molecule has 2 aromatic heterocycles. The van der Waals surface area contributed by atoms with E-state index < -0.39 is 0 Å². The first kappa shape index (κ1) is 9.30. The second kappa shape index (κ2) is 4.30. The molecule has 14 heavy (non-hydrogen) atoms. The van der Waals surface area contributed by atoms with Gasteiger partial charge in [0.1, 0.15) is 0 Å². The van der Waals surface area contributed by atoms with Crippen molar-refractivity contribution in [3.05, 3.63) is 46.2 Å². The predicted molar refractivity (Wildman–Crippen MR) is 57.0 cm³/mol. The van der Waals surface area contributed by atoms with Crippen LogP contribution in [0.2, 0.25) is 0 Å². The largest absolute Gasteiger partial charge is 0.326 e. The summed E-state index contributed by atoms with van der Waals surface area (Å²) in [4.78, 5) is 9.48. The van der Waals surface area contributed by atoms with Crippen LogP contribution in [0.4, 0.5) is 0 Å². The maximum atomic E-state index is 5.51. The fourth-order valence-corrected chi connectivity index (χ4v) is 2.04. The van der Waals surface area contributed by atoms with Crippen LogP contribution in [0.5, 0.6) is 0 Å². The third-order valence-electron chi connectivity index (χ3n) is 1.88. The van der Waals surface area contributed by atoms with Gasteiger partial charge < -0.3 is 5.73 Å². The number of nitrogens with zero attached hydrogens (tertiary/aromatic N) is 2. The molecule has 72 valence electrons. The number of rotatable bonds is 3. The molecule has 2 rings (SSSR count). The van der Waals surface area contributed by atoms with Crippen molar-refractivity contribution in [2.24, 2.45) is 5.73 Å². The van der Waals surface area contributed by atoms with Crippen LogP contribution in [0.15, 0.2) is 30.7 Å². The summed E-state index contributed by atoms with van der Waals surface area (Å²) in [5.41, 5.74) is 6.70. The Bertz CT molecular complexity index is 397. The molecule has 0 aliphatic rings. The van der Waals surface area contributed by atoms with E-state index in [1.165, 1.54) is 5.56 Å². The minimum atomic E-state index is 0.574. The predicted octanol–water partition coefficient (Wildman–Crippen LogP) is 1.59. The first-order valence-electron chi connectivity index (χ1n) is 4.41. The van der Waals surface area contributed by atoms with Crippen LogP contribution in [0.1, 0.15) is 15.4 Å². The molecule has 0 radical (unpaired) electrons. The fourth-order valence-electron chi connectivity index (χ4n) is 1.20. The number of aromatic nitrogens is 2. The molecule has 0 aromatic carbocycles. The smallest absolute Gasteiger partial charge is 0.0972 e. The Morgan fingerprint density at radius 2 is 2.29 bits per heavy atom. The Balaban J connectivity index is 2.11. The average molecular weight is 205 g/mol. The topological polar surface area (TPSA) is 51.8 Å². The molecule has 2 heterocycles. The van der Waals surface area contributed by atoms with Crippen LogP contribution in [0, 0.1) is 0 Å². The molecule has 2 N–H and O–H groups in total. The zero-order chi connectivity index (χ0) is 9.80. The van der Waals surface area contributed by atoms with E-state index in [1.54, 1.807) is 17.5 Å². The summed E-state index contributed by atoms with van der Waals surface area (Å²) >= 11 is 1.66. The van der Waals surface area contributed by atoms with Crippen LogP contribution < -0.4 is 5.73 Å². The lowest BCUT2D eigenvalue weighted by Crippen LogP contribution is -1.91. The van der Waals surface area contributed by atoms with Gasteiger partial charge in [0, 0.05) is 36.4 Å². The highest BCUT2D eigenvalue weighted by atomic mass is 32.1. The number of thiazole rings is 1. The van der Waals surface area contributed by atoms with Gasteiger partial charge in [-0.3, -0.25) is 4.98 Å². The number of pyridine rings is 1. The molecular formula is C10H11N3S. The van der Waals surface area contributed by atoms with E-state index in [0.29, 0.717) is 6.54 Å².